The van der Waals surface area contributed by atoms with E-state index in [-0.39, 0.29) is 24.0 Å². The molecule has 2 rings (SSSR count). The van der Waals surface area contributed by atoms with Gasteiger partial charge in [-0.25, -0.2) is 4.99 Å². The number of benzene rings is 2. The second-order valence-electron chi connectivity index (χ2n) is 6.65. The van der Waals surface area contributed by atoms with E-state index < -0.39 is 5.91 Å². The van der Waals surface area contributed by atoms with Gasteiger partial charge < -0.3 is 21.1 Å². The first-order chi connectivity index (χ1) is 13.5. The molecule has 0 fully saturated rings. The molecule has 0 aliphatic carbocycles. The number of carbonyl (C=O) groups is 1. The Balaban J connectivity index is 0.00000420. The number of nitrogens with zero attached hydrogens (tertiary/aromatic N) is 1. The van der Waals surface area contributed by atoms with E-state index in [1.165, 1.54) is 5.56 Å². The summed E-state index contributed by atoms with van der Waals surface area (Å²) in [5.74, 6) is 1.67. The Hall–Kier alpha value is -2.29. The highest BCUT2D eigenvalue weighted by Crippen LogP contribution is 2.21. The van der Waals surface area contributed by atoms with Gasteiger partial charge in [0.25, 0.3) is 0 Å². The normalized spacial score (nSPS) is 11.9. The molecule has 1 unspecified atom stereocenters. The Bertz CT molecular complexity index is 776. The van der Waals surface area contributed by atoms with Gasteiger partial charge in [0.1, 0.15) is 5.75 Å². The topological polar surface area (TPSA) is 88.7 Å². The first-order valence-electron chi connectivity index (χ1n) is 9.58. The molecule has 2 aromatic rings. The molecule has 158 valence electrons. The predicted octanol–water partition coefficient (Wildman–Crippen LogP) is 3.66. The molecule has 0 saturated heterocycles. The SMILES string of the molecule is CCNC(=NCc1ccc(C(N)=O)cc1)NCCC(C)c1ccc(OC)cc1.I. The van der Waals surface area contributed by atoms with E-state index in [9.17, 15) is 4.79 Å². The fraction of sp³-hybridized carbons (Fsp3) is 0.364. The van der Waals surface area contributed by atoms with Crippen LogP contribution in [0.2, 0.25) is 0 Å². The van der Waals surface area contributed by atoms with Crippen molar-refractivity contribution in [2.75, 3.05) is 20.2 Å². The lowest BCUT2D eigenvalue weighted by atomic mass is 9.98. The summed E-state index contributed by atoms with van der Waals surface area (Å²) < 4.78 is 5.21. The standard InChI is InChI=1S/C22H30N4O2.HI/c1-4-24-22(26-15-17-5-7-19(8-6-17)21(23)27)25-14-13-16(2)18-9-11-20(28-3)12-10-18;/h5-12,16H,4,13-15H2,1-3H3,(H2,23,27)(H2,24,25,26);1H. The van der Waals surface area contributed by atoms with E-state index in [4.69, 9.17) is 10.5 Å². The summed E-state index contributed by atoms with van der Waals surface area (Å²) in [5.41, 5.74) is 8.09. The first kappa shape index (κ1) is 24.7. The molecule has 0 saturated carbocycles. The van der Waals surface area contributed by atoms with Crippen LogP contribution < -0.4 is 21.1 Å². The smallest absolute Gasteiger partial charge is 0.248 e. The van der Waals surface area contributed by atoms with Crippen molar-refractivity contribution in [2.24, 2.45) is 10.7 Å². The van der Waals surface area contributed by atoms with Crippen LogP contribution in [0, 0.1) is 0 Å². The van der Waals surface area contributed by atoms with Crippen LogP contribution in [0.5, 0.6) is 5.75 Å². The van der Waals surface area contributed by atoms with Gasteiger partial charge in [-0.2, -0.15) is 0 Å². The Morgan fingerprint density at radius 2 is 1.76 bits per heavy atom. The van der Waals surface area contributed by atoms with Gasteiger partial charge in [-0.1, -0.05) is 31.2 Å². The maximum absolute atomic E-state index is 11.1. The average Bonchev–Trinajstić information content (AvgIpc) is 2.72. The Morgan fingerprint density at radius 1 is 1.10 bits per heavy atom. The Kier molecular flexibility index (Phi) is 11.1. The number of nitrogens with one attached hydrogen (secondary N) is 2. The monoisotopic (exact) mass is 510 g/mol. The number of hydrogen-bond acceptors (Lipinski definition) is 3. The quantitative estimate of drug-likeness (QED) is 0.273. The van der Waals surface area contributed by atoms with Crippen LogP contribution in [0.3, 0.4) is 0 Å². The number of nitrogens with two attached hydrogens (primary N) is 1. The minimum absolute atomic E-state index is 0. The minimum Gasteiger partial charge on any atom is -0.497 e. The highest BCUT2D eigenvalue weighted by Gasteiger charge is 2.06. The zero-order valence-electron chi connectivity index (χ0n) is 17.3. The van der Waals surface area contributed by atoms with E-state index in [0.717, 1.165) is 36.8 Å². The third-order valence-corrected chi connectivity index (χ3v) is 4.56. The predicted molar refractivity (Wildman–Crippen MR) is 129 cm³/mol. The van der Waals surface area contributed by atoms with E-state index in [1.54, 1.807) is 19.2 Å². The van der Waals surface area contributed by atoms with Crippen LogP contribution in [0.1, 0.15) is 47.7 Å². The van der Waals surface area contributed by atoms with Crippen molar-refractivity contribution >= 4 is 35.8 Å². The van der Waals surface area contributed by atoms with Crippen LogP contribution in [0.15, 0.2) is 53.5 Å². The number of amides is 1. The molecule has 1 amide bonds. The van der Waals surface area contributed by atoms with Crippen LogP contribution in [0.4, 0.5) is 0 Å². The molecule has 1 atom stereocenters. The summed E-state index contributed by atoms with van der Waals surface area (Å²) in [6.45, 7) is 6.40. The number of aliphatic imine (C=N–C) groups is 1. The summed E-state index contributed by atoms with van der Waals surface area (Å²) in [4.78, 5) is 15.8. The number of primary amides is 1. The minimum atomic E-state index is -0.420. The molecule has 0 heterocycles. The van der Waals surface area contributed by atoms with Gasteiger partial charge in [0.2, 0.25) is 5.91 Å². The number of hydrogen-bond donors (Lipinski definition) is 3. The van der Waals surface area contributed by atoms with Crippen molar-refractivity contribution in [3.8, 4) is 5.75 Å². The van der Waals surface area contributed by atoms with E-state index in [0.29, 0.717) is 18.0 Å². The van der Waals surface area contributed by atoms with Gasteiger partial charge in [0, 0.05) is 18.7 Å². The van der Waals surface area contributed by atoms with Crippen molar-refractivity contribution in [2.45, 2.75) is 32.7 Å². The van der Waals surface area contributed by atoms with Gasteiger partial charge in [0.05, 0.1) is 13.7 Å². The zero-order chi connectivity index (χ0) is 20.4. The van der Waals surface area contributed by atoms with E-state index in [1.807, 2.05) is 31.2 Å². The molecule has 0 aliphatic heterocycles. The lowest BCUT2D eigenvalue weighted by Gasteiger charge is -2.15. The molecule has 0 aliphatic rings. The Morgan fingerprint density at radius 3 is 2.31 bits per heavy atom. The third-order valence-electron chi connectivity index (χ3n) is 4.56. The lowest BCUT2D eigenvalue weighted by molar-refractivity contribution is 0.100. The molecule has 4 N–H and O–H groups in total. The molecule has 0 bridgehead atoms. The Labute approximate surface area is 190 Å². The van der Waals surface area contributed by atoms with Crippen molar-refractivity contribution in [1.29, 1.82) is 0 Å². The van der Waals surface area contributed by atoms with Gasteiger partial charge in [-0.05, 0) is 54.7 Å². The fourth-order valence-corrected chi connectivity index (χ4v) is 2.79. The van der Waals surface area contributed by atoms with Crippen molar-refractivity contribution in [1.82, 2.24) is 10.6 Å². The van der Waals surface area contributed by atoms with Crippen LogP contribution in [-0.2, 0) is 6.54 Å². The highest BCUT2D eigenvalue weighted by atomic mass is 127. The van der Waals surface area contributed by atoms with E-state index in [2.05, 4.69) is 34.7 Å². The number of carbonyl (C=O) groups excluding carboxylic acids is 1. The number of guanidine groups is 1. The number of ether oxygens (including phenoxy) is 1. The second-order valence-corrected chi connectivity index (χ2v) is 6.65. The molecule has 7 heteroatoms. The third kappa shape index (κ3) is 8.31. The average molecular weight is 510 g/mol. The summed E-state index contributed by atoms with van der Waals surface area (Å²) in [6, 6.07) is 15.4. The summed E-state index contributed by atoms with van der Waals surface area (Å²) in [6.07, 6.45) is 0.990. The van der Waals surface area contributed by atoms with Crippen molar-refractivity contribution in [3.63, 3.8) is 0 Å². The number of methoxy groups -OCH3 is 1. The van der Waals surface area contributed by atoms with Gasteiger partial charge in [-0.3, -0.25) is 4.79 Å². The van der Waals surface area contributed by atoms with Crippen LogP contribution in [0.25, 0.3) is 0 Å². The number of rotatable bonds is 9. The maximum atomic E-state index is 11.1. The molecule has 6 nitrogen and oxygen atoms in total. The molecule has 2 aromatic carbocycles. The van der Waals surface area contributed by atoms with Crippen molar-refractivity contribution < 1.29 is 9.53 Å². The molecular formula is C22H31IN4O2. The molecular weight excluding hydrogens is 479 g/mol. The fourth-order valence-electron chi connectivity index (χ4n) is 2.79. The molecule has 0 aromatic heterocycles. The second kappa shape index (κ2) is 13.0. The van der Waals surface area contributed by atoms with Gasteiger partial charge in [0.15, 0.2) is 5.96 Å². The molecule has 0 spiro atoms. The van der Waals surface area contributed by atoms with Crippen LogP contribution in [-0.4, -0.2) is 32.1 Å². The molecule has 29 heavy (non-hydrogen) atoms. The highest BCUT2D eigenvalue weighted by molar-refractivity contribution is 14.0. The van der Waals surface area contributed by atoms with E-state index >= 15 is 0 Å². The maximum Gasteiger partial charge on any atom is 0.248 e. The summed E-state index contributed by atoms with van der Waals surface area (Å²) >= 11 is 0. The zero-order valence-corrected chi connectivity index (χ0v) is 19.6. The van der Waals surface area contributed by atoms with Crippen LogP contribution >= 0.6 is 24.0 Å². The summed E-state index contributed by atoms with van der Waals surface area (Å²) in [5, 5.41) is 6.64. The molecule has 0 radical (unpaired) electrons. The van der Waals surface area contributed by atoms with Gasteiger partial charge in [-0.15, -0.1) is 24.0 Å². The largest absolute Gasteiger partial charge is 0.497 e. The van der Waals surface area contributed by atoms with Gasteiger partial charge >= 0.3 is 0 Å². The first-order valence-corrected chi connectivity index (χ1v) is 9.58. The number of halogens is 1. The summed E-state index contributed by atoms with van der Waals surface area (Å²) in [7, 11) is 1.68. The van der Waals surface area contributed by atoms with Crippen molar-refractivity contribution in [3.05, 3.63) is 65.2 Å². The lowest BCUT2D eigenvalue weighted by Crippen LogP contribution is -2.38.